The monoisotopic (exact) mass is 490 g/mol. The zero-order valence-electron chi connectivity index (χ0n) is 17.1. The van der Waals surface area contributed by atoms with Crippen LogP contribution >= 0.6 is 34.5 Å². The third-order valence-corrected chi connectivity index (χ3v) is 6.51. The summed E-state index contributed by atoms with van der Waals surface area (Å²) in [5.41, 5.74) is 0.865. The van der Waals surface area contributed by atoms with E-state index < -0.39 is 23.4 Å². The molecule has 0 bridgehead atoms. The van der Waals surface area contributed by atoms with Gasteiger partial charge in [0.1, 0.15) is 11.9 Å². The first kappa shape index (κ1) is 22.5. The maximum Gasteiger partial charge on any atom is 0.338 e. The van der Waals surface area contributed by atoms with E-state index >= 15 is 0 Å². The van der Waals surface area contributed by atoms with E-state index in [4.69, 9.17) is 27.9 Å². The molecule has 1 aliphatic rings. The maximum absolute atomic E-state index is 14.8. The van der Waals surface area contributed by atoms with Crippen LogP contribution in [0.1, 0.15) is 31.0 Å². The summed E-state index contributed by atoms with van der Waals surface area (Å²) in [6, 6.07) is 9.98. The van der Waals surface area contributed by atoms with E-state index in [0.717, 1.165) is 11.3 Å². The highest BCUT2D eigenvalue weighted by atomic mass is 35.5. The molecule has 1 aromatic heterocycles. The van der Waals surface area contributed by atoms with Crippen LogP contribution in [0.15, 0.2) is 63.5 Å². The Kier molecular flexibility index (Phi) is 6.33. The zero-order valence-corrected chi connectivity index (χ0v) is 19.4. The lowest BCUT2D eigenvalue weighted by Crippen LogP contribution is -2.40. The normalized spacial score (nSPS) is 16.0. The third-order valence-electron chi connectivity index (χ3n) is 4.97. The van der Waals surface area contributed by atoms with Crippen molar-refractivity contribution in [3.63, 3.8) is 0 Å². The number of halogens is 3. The molecule has 0 saturated carbocycles. The maximum atomic E-state index is 14.8. The Morgan fingerprint density at radius 1 is 1.28 bits per heavy atom. The van der Waals surface area contributed by atoms with E-state index in [9.17, 15) is 14.0 Å². The van der Waals surface area contributed by atoms with Crippen molar-refractivity contribution in [3.8, 4) is 0 Å². The average molecular weight is 491 g/mol. The Morgan fingerprint density at radius 3 is 2.72 bits per heavy atom. The summed E-state index contributed by atoms with van der Waals surface area (Å²) in [6.45, 7) is 3.46. The van der Waals surface area contributed by atoms with E-state index in [1.807, 2.05) is 0 Å². The number of esters is 1. The van der Waals surface area contributed by atoms with Crippen LogP contribution in [0.3, 0.4) is 0 Å². The summed E-state index contributed by atoms with van der Waals surface area (Å²) in [5, 5.41) is 0.861. The molecule has 164 valence electrons. The van der Waals surface area contributed by atoms with E-state index in [2.05, 4.69) is 4.99 Å². The molecular weight excluding hydrogens is 474 g/mol. The van der Waals surface area contributed by atoms with Crippen molar-refractivity contribution in [2.45, 2.75) is 19.9 Å². The largest absolute Gasteiger partial charge is 0.463 e. The molecule has 2 heterocycles. The number of ether oxygens (including phenoxy) is 1. The Labute approximate surface area is 196 Å². The molecule has 4 rings (SSSR count). The Morgan fingerprint density at radius 2 is 2.03 bits per heavy atom. The summed E-state index contributed by atoms with van der Waals surface area (Å²) in [5.74, 6) is -1.18. The first-order valence-corrected chi connectivity index (χ1v) is 11.3. The smallest absolute Gasteiger partial charge is 0.338 e. The fourth-order valence-corrected chi connectivity index (χ4v) is 5.04. The van der Waals surface area contributed by atoms with Crippen molar-refractivity contribution < 1.29 is 13.9 Å². The topological polar surface area (TPSA) is 60.7 Å². The molecule has 0 spiro atoms. The molecule has 1 atom stereocenters. The number of hydrogen-bond donors (Lipinski definition) is 0. The van der Waals surface area contributed by atoms with Gasteiger partial charge >= 0.3 is 5.97 Å². The van der Waals surface area contributed by atoms with E-state index in [-0.39, 0.29) is 17.7 Å². The molecule has 0 unspecified atom stereocenters. The second-order valence-corrected chi connectivity index (χ2v) is 8.84. The van der Waals surface area contributed by atoms with Crippen LogP contribution in [0.4, 0.5) is 4.39 Å². The lowest BCUT2D eigenvalue weighted by atomic mass is 9.95. The third kappa shape index (κ3) is 4.03. The van der Waals surface area contributed by atoms with Crippen molar-refractivity contribution >= 4 is 46.6 Å². The van der Waals surface area contributed by atoms with E-state index in [1.54, 1.807) is 56.3 Å². The molecule has 3 aromatic rings. The highest BCUT2D eigenvalue weighted by molar-refractivity contribution is 7.07. The van der Waals surface area contributed by atoms with Gasteiger partial charge in [-0.1, -0.05) is 58.8 Å². The predicted molar refractivity (Wildman–Crippen MR) is 123 cm³/mol. The quantitative estimate of drug-likeness (QED) is 0.513. The minimum atomic E-state index is -1.01. The van der Waals surface area contributed by atoms with Crippen LogP contribution in [-0.4, -0.2) is 17.1 Å². The molecule has 0 aliphatic carbocycles. The van der Waals surface area contributed by atoms with Crippen LogP contribution in [-0.2, 0) is 9.53 Å². The second-order valence-electron chi connectivity index (χ2n) is 6.99. The van der Waals surface area contributed by atoms with Crippen molar-refractivity contribution in [1.82, 2.24) is 4.57 Å². The minimum Gasteiger partial charge on any atom is -0.463 e. The van der Waals surface area contributed by atoms with Crippen LogP contribution in [0.2, 0.25) is 10.0 Å². The highest BCUT2D eigenvalue weighted by Crippen LogP contribution is 2.32. The van der Waals surface area contributed by atoms with Gasteiger partial charge in [-0.2, -0.15) is 0 Å². The fraction of sp³-hybridized carbons (Fsp3) is 0.174. The molecule has 2 aromatic carbocycles. The molecule has 0 saturated heterocycles. The molecule has 1 aliphatic heterocycles. The number of hydrogen-bond acceptors (Lipinski definition) is 5. The molecule has 9 heteroatoms. The van der Waals surface area contributed by atoms with Gasteiger partial charge in [-0.3, -0.25) is 9.36 Å². The van der Waals surface area contributed by atoms with Crippen LogP contribution in [0.25, 0.3) is 6.08 Å². The Hall–Kier alpha value is -2.74. The summed E-state index contributed by atoms with van der Waals surface area (Å²) in [6.07, 6.45) is 1.63. The van der Waals surface area contributed by atoms with E-state index in [0.29, 0.717) is 30.6 Å². The van der Waals surface area contributed by atoms with Gasteiger partial charge < -0.3 is 4.74 Å². The van der Waals surface area contributed by atoms with E-state index in [1.165, 1.54) is 10.6 Å². The first-order valence-electron chi connectivity index (χ1n) is 9.71. The number of carbonyl (C=O) groups is 1. The van der Waals surface area contributed by atoms with Crippen molar-refractivity contribution in [3.05, 3.63) is 100 Å². The van der Waals surface area contributed by atoms with Gasteiger partial charge in [-0.05, 0) is 43.7 Å². The number of nitrogens with zero attached hydrogens (tertiary/aromatic N) is 2. The number of rotatable bonds is 4. The molecule has 32 heavy (non-hydrogen) atoms. The number of thiazole rings is 1. The van der Waals surface area contributed by atoms with Crippen molar-refractivity contribution in [2.75, 3.05) is 6.61 Å². The minimum absolute atomic E-state index is 0.125. The average Bonchev–Trinajstić information content (AvgIpc) is 3.04. The van der Waals surface area contributed by atoms with Crippen LogP contribution in [0, 0.1) is 5.82 Å². The van der Waals surface area contributed by atoms with Crippen LogP contribution < -0.4 is 14.9 Å². The van der Waals surface area contributed by atoms with Gasteiger partial charge in [-0.25, -0.2) is 14.2 Å². The van der Waals surface area contributed by atoms with Gasteiger partial charge in [0.15, 0.2) is 4.80 Å². The summed E-state index contributed by atoms with van der Waals surface area (Å²) < 4.78 is 21.7. The standard InChI is InChI=1S/C23H17Cl2FN2O3S/c1-3-31-22(30)19-12(2)27-23-28(20(19)15-6-4-5-7-17(15)26)21(29)18(32-23)10-13-8-9-14(24)11-16(13)25/h4-11,20H,3H2,1-2H3/b18-10-/t20-/m1/s1. The van der Waals surface area contributed by atoms with Crippen molar-refractivity contribution in [2.24, 2.45) is 4.99 Å². The molecule has 5 nitrogen and oxygen atoms in total. The number of fused-ring (bicyclic) bond motifs is 1. The van der Waals surface area contributed by atoms with Gasteiger partial charge in [0, 0.05) is 15.6 Å². The van der Waals surface area contributed by atoms with Crippen molar-refractivity contribution in [1.29, 1.82) is 0 Å². The number of aromatic nitrogens is 1. The van der Waals surface area contributed by atoms with Gasteiger partial charge in [-0.15, -0.1) is 0 Å². The number of allylic oxidation sites excluding steroid dienone is 1. The lowest BCUT2D eigenvalue weighted by Gasteiger charge is -2.24. The van der Waals surface area contributed by atoms with Gasteiger partial charge in [0.25, 0.3) is 5.56 Å². The molecule has 0 radical (unpaired) electrons. The second kappa shape index (κ2) is 9.02. The fourth-order valence-electron chi connectivity index (χ4n) is 3.54. The predicted octanol–water partition coefficient (Wildman–Crippen LogP) is 4.24. The summed E-state index contributed by atoms with van der Waals surface area (Å²) in [7, 11) is 0. The lowest BCUT2D eigenvalue weighted by molar-refractivity contribution is -0.139. The van der Waals surface area contributed by atoms with Crippen LogP contribution in [0.5, 0.6) is 0 Å². The summed E-state index contributed by atoms with van der Waals surface area (Å²) in [4.78, 5) is 31.0. The molecule has 0 fully saturated rings. The molecule has 0 N–H and O–H groups in total. The Bertz CT molecular complexity index is 1440. The molecule has 0 amide bonds. The first-order chi connectivity index (χ1) is 15.3. The number of carbonyl (C=O) groups excluding carboxylic acids is 1. The Balaban J connectivity index is 1.99. The number of benzene rings is 2. The highest BCUT2D eigenvalue weighted by Gasteiger charge is 2.34. The molecular formula is C23H17Cl2FN2O3S. The summed E-state index contributed by atoms with van der Waals surface area (Å²) >= 11 is 13.4. The van der Waals surface area contributed by atoms with Gasteiger partial charge in [0.05, 0.1) is 22.4 Å². The van der Waals surface area contributed by atoms with Gasteiger partial charge in [0.2, 0.25) is 0 Å². The zero-order chi connectivity index (χ0) is 23.0. The SMILES string of the molecule is CCOC(=O)C1=C(C)N=c2s/c(=C\c3ccc(Cl)cc3Cl)c(=O)n2[C@@H]1c1ccccc1F.